The molecule has 2 aromatic rings. The minimum Gasteiger partial charge on any atom is -0.489 e. The Morgan fingerprint density at radius 3 is 2.50 bits per heavy atom. The standard InChI is InChI=1S/C14H10ClFO2/c15-14(17)11-4-6-13(7-5-11)18-9-10-2-1-3-12(16)8-10/h1-8H,9H2. The van der Waals surface area contributed by atoms with Crippen molar-refractivity contribution in [3.63, 3.8) is 0 Å². The average molecular weight is 265 g/mol. The van der Waals surface area contributed by atoms with E-state index in [1.54, 1.807) is 36.4 Å². The molecule has 0 atom stereocenters. The van der Waals surface area contributed by atoms with Gasteiger partial charge in [-0.1, -0.05) is 12.1 Å². The van der Waals surface area contributed by atoms with Gasteiger partial charge in [-0.15, -0.1) is 0 Å². The molecular formula is C14H10ClFO2. The number of hydrogen-bond donors (Lipinski definition) is 0. The highest BCUT2D eigenvalue weighted by Gasteiger charge is 2.02. The van der Waals surface area contributed by atoms with Gasteiger partial charge >= 0.3 is 0 Å². The van der Waals surface area contributed by atoms with E-state index in [1.165, 1.54) is 12.1 Å². The summed E-state index contributed by atoms with van der Waals surface area (Å²) >= 11 is 5.32. The summed E-state index contributed by atoms with van der Waals surface area (Å²) in [5, 5.41) is -0.508. The molecule has 0 saturated heterocycles. The molecular weight excluding hydrogens is 255 g/mol. The average Bonchev–Trinajstić information content (AvgIpc) is 2.37. The molecule has 0 radical (unpaired) electrons. The maximum Gasteiger partial charge on any atom is 0.252 e. The summed E-state index contributed by atoms with van der Waals surface area (Å²) < 4.78 is 18.4. The van der Waals surface area contributed by atoms with Gasteiger partial charge in [-0.25, -0.2) is 4.39 Å². The third kappa shape index (κ3) is 3.31. The molecule has 0 fully saturated rings. The molecule has 18 heavy (non-hydrogen) atoms. The first kappa shape index (κ1) is 12.6. The summed E-state index contributed by atoms with van der Waals surface area (Å²) in [7, 11) is 0. The predicted molar refractivity (Wildman–Crippen MR) is 67.4 cm³/mol. The Bertz CT molecular complexity index is 552. The van der Waals surface area contributed by atoms with Crippen LogP contribution in [0.15, 0.2) is 48.5 Å². The van der Waals surface area contributed by atoms with Crippen molar-refractivity contribution in [2.75, 3.05) is 0 Å². The fourth-order valence-electron chi connectivity index (χ4n) is 1.48. The van der Waals surface area contributed by atoms with E-state index in [9.17, 15) is 9.18 Å². The second kappa shape index (κ2) is 5.65. The molecule has 2 rings (SSSR count). The summed E-state index contributed by atoms with van der Waals surface area (Å²) in [6.07, 6.45) is 0. The zero-order chi connectivity index (χ0) is 13.0. The summed E-state index contributed by atoms with van der Waals surface area (Å²) in [6.45, 7) is 0.270. The lowest BCUT2D eigenvalue weighted by molar-refractivity contribution is 0.108. The summed E-state index contributed by atoms with van der Waals surface area (Å²) in [6, 6.07) is 12.7. The highest BCUT2D eigenvalue weighted by Crippen LogP contribution is 2.15. The number of ether oxygens (including phenoxy) is 1. The Kier molecular flexibility index (Phi) is 3.95. The highest BCUT2D eigenvalue weighted by molar-refractivity contribution is 6.67. The second-order valence-corrected chi connectivity index (χ2v) is 4.06. The van der Waals surface area contributed by atoms with Crippen LogP contribution in [0, 0.1) is 5.82 Å². The monoisotopic (exact) mass is 264 g/mol. The Balaban J connectivity index is 2.00. The van der Waals surface area contributed by atoms with Crippen molar-refractivity contribution in [1.82, 2.24) is 0 Å². The summed E-state index contributed by atoms with van der Waals surface area (Å²) in [4.78, 5) is 10.9. The number of carbonyl (C=O) groups excluding carboxylic acids is 1. The fourth-order valence-corrected chi connectivity index (χ4v) is 1.60. The van der Waals surface area contributed by atoms with Gasteiger partial charge in [0.25, 0.3) is 5.24 Å². The van der Waals surface area contributed by atoms with Crippen LogP contribution in [0.1, 0.15) is 15.9 Å². The predicted octanol–water partition coefficient (Wildman–Crippen LogP) is 3.78. The van der Waals surface area contributed by atoms with Gasteiger partial charge in [0, 0.05) is 5.56 Å². The largest absolute Gasteiger partial charge is 0.489 e. The molecule has 0 aliphatic carbocycles. The lowest BCUT2D eigenvalue weighted by Crippen LogP contribution is -1.96. The topological polar surface area (TPSA) is 26.3 Å². The molecule has 0 bridgehead atoms. The Morgan fingerprint density at radius 1 is 1.17 bits per heavy atom. The first-order valence-electron chi connectivity index (χ1n) is 5.32. The summed E-state index contributed by atoms with van der Waals surface area (Å²) in [5.41, 5.74) is 1.15. The molecule has 0 aliphatic rings. The van der Waals surface area contributed by atoms with Crippen molar-refractivity contribution in [3.8, 4) is 5.75 Å². The van der Waals surface area contributed by atoms with Crippen LogP contribution in [-0.2, 0) is 6.61 Å². The minimum absolute atomic E-state index is 0.270. The number of halogens is 2. The molecule has 0 heterocycles. The van der Waals surface area contributed by atoms with Gasteiger partial charge < -0.3 is 4.74 Å². The molecule has 4 heteroatoms. The molecule has 2 nitrogen and oxygen atoms in total. The van der Waals surface area contributed by atoms with Crippen LogP contribution < -0.4 is 4.74 Å². The van der Waals surface area contributed by atoms with Crippen molar-refractivity contribution in [3.05, 3.63) is 65.5 Å². The lowest BCUT2D eigenvalue weighted by atomic mass is 10.2. The van der Waals surface area contributed by atoms with Crippen molar-refractivity contribution >= 4 is 16.8 Å². The Hall–Kier alpha value is -1.87. The summed E-state index contributed by atoms with van der Waals surface area (Å²) in [5.74, 6) is 0.306. The SMILES string of the molecule is O=C(Cl)c1ccc(OCc2cccc(F)c2)cc1. The van der Waals surface area contributed by atoms with Gasteiger partial charge in [-0.3, -0.25) is 4.79 Å². The van der Waals surface area contributed by atoms with E-state index in [4.69, 9.17) is 16.3 Å². The minimum atomic E-state index is -0.508. The van der Waals surface area contributed by atoms with Gasteiger partial charge in [0.1, 0.15) is 18.2 Å². The van der Waals surface area contributed by atoms with Gasteiger partial charge in [0.15, 0.2) is 0 Å². The van der Waals surface area contributed by atoms with Crippen molar-refractivity contribution in [2.24, 2.45) is 0 Å². The van der Waals surface area contributed by atoms with E-state index < -0.39 is 5.24 Å². The van der Waals surface area contributed by atoms with Crippen LogP contribution in [0.2, 0.25) is 0 Å². The Morgan fingerprint density at radius 2 is 1.89 bits per heavy atom. The first-order valence-corrected chi connectivity index (χ1v) is 5.70. The number of hydrogen-bond acceptors (Lipinski definition) is 2. The van der Waals surface area contributed by atoms with Crippen molar-refractivity contribution < 1.29 is 13.9 Å². The fraction of sp³-hybridized carbons (Fsp3) is 0.0714. The van der Waals surface area contributed by atoms with E-state index in [0.29, 0.717) is 11.3 Å². The zero-order valence-corrected chi connectivity index (χ0v) is 10.2. The van der Waals surface area contributed by atoms with E-state index in [2.05, 4.69) is 0 Å². The molecule has 0 unspecified atom stereocenters. The highest BCUT2D eigenvalue weighted by atomic mass is 35.5. The van der Waals surface area contributed by atoms with Crippen molar-refractivity contribution in [1.29, 1.82) is 0 Å². The molecule has 2 aromatic carbocycles. The molecule has 0 aliphatic heterocycles. The van der Waals surface area contributed by atoms with Crippen LogP contribution in [0.5, 0.6) is 5.75 Å². The second-order valence-electron chi connectivity index (χ2n) is 3.72. The number of rotatable bonds is 4. The van der Waals surface area contributed by atoms with Crippen LogP contribution in [0.3, 0.4) is 0 Å². The van der Waals surface area contributed by atoms with Crippen molar-refractivity contribution in [2.45, 2.75) is 6.61 Å². The number of benzene rings is 2. The van der Waals surface area contributed by atoms with Gasteiger partial charge in [-0.2, -0.15) is 0 Å². The normalized spacial score (nSPS) is 10.1. The maximum absolute atomic E-state index is 12.9. The first-order chi connectivity index (χ1) is 8.65. The quantitative estimate of drug-likeness (QED) is 0.786. The van der Waals surface area contributed by atoms with Crippen LogP contribution >= 0.6 is 11.6 Å². The molecule has 0 spiro atoms. The lowest BCUT2D eigenvalue weighted by Gasteiger charge is -2.06. The number of carbonyl (C=O) groups is 1. The van der Waals surface area contributed by atoms with Gasteiger partial charge in [0.05, 0.1) is 0 Å². The zero-order valence-electron chi connectivity index (χ0n) is 9.40. The van der Waals surface area contributed by atoms with E-state index in [0.717, 1.165) is 5.56 Å². The van der Waals surface area contributed by atoms with Crippen LogP contribution in [0.4, 0.5) is 4.39 Å². The molecule has 0 saturated carbocycles. The smallest absolute Gasteiger partial charge is 0.252 e. The van der Waals surface area contributed by atoms with E-state index in [-0.39, 0.29) is 12.4 Å². The van der Waals surface area contributed by atoms with Gasteiger partial charge in [-0.05, 0) is 53.6 Å². The Labute approximate surface area is 109 Å². The molecule has 0 N–H and O–H groups in total. The van der Waals surface area contributed by atoms with Crippen LogP contribution in [0.25, 0.3) is 0 Å². The molecule has 0 amide bonds. The molecule has 0 aromatic heterocycles. The third-order valence-corrected chi connectivity index (χ3v) is 2.59. The van der Waals surface area contributed by atoms with E-state index >= 15 is 0 Å². The third-order valence-electron chi connectivity index (χ3n) is 2.38. The van der Waals surface area contributed by atoms with Crippen LogP contribution in [-0.4, -0.2) is 5.24 Å². The van der Waals surface area contributed by atoms with Gasteiger partial charge in [0.2, 0.25) is 0 Å². The molecule has 92 valence electrons. The maximum atomic E-state index is 12.9. The van der Waals surface area contributed by atoms with E-state index in [1.807, 2.05) is 0 Å².